The Balaban J connectivity index is 3.52. The minimum absolute atomic E-state index is 0.505. The van der Waals surface area contributed by atoms with E-state index in [1.54, 1.807) is 0 Å². The summed E-state index contributed by atoms with van der Waals surface area (Å²) in [7, 11) is 0. The molecule has 0 heteroatoms. The first-order valence-corrected chi connectivity index (χ1v) is 4.40. The molecule has 0 aliphatic rings. The Labute approximate surface area is 71.0 Å². The molecule has 0 aromatic rings. The molecule has 0 saturated heterocycles. The Morgan fingerprint density at radius 1 is 1.36 bits per heavy atom. The maximum atomic E-state index is 3.63. The second-order valence-corrected chi connectivity index (χ2v) is 3.72. The molecule has 0 rings (SSSR count). The topological polar surface area (TPSA) is 0 Å². The summed E-state index contributed by atoms with van der Waals surface area (Å²) in [6, 6.07) is 0. The van der Waals surface area contributed by atoms with Crippen molar-refractivity contribution in [2.24, 2.45) is 5.41 Å². The standard InChI is InChI=1S/C11H20/c1-5-7-8-9-10-11(3,4)6-2/h5,7-8H,1,6,9-10H2,2-4H3. The van der Waals surface area contributed by atoms with Crippen LogP contribution < -0.4 is 0 Å². The van der Waals surface area contributed by atoms with Crippen LogP contribution in [0.5, 0.6) is 0 Å². The predicted molar refractivity (Wildman–Crippen MR) is 52.6 cm³/mol. The van der Waals surface area contributed by atoms with Gasteiger partial charge in [0.1, 0.15) is 0 Å². The minimum atomic E-state index is 0.505. The molecule has 0 fully saturated rings. The molecule has 0 N–H and O–H groups in total. The Morgan fingerprint density at radius 3 is 2.45 bits per heavy atom. The Kier molecular flexibility index (Phi) is 4.93. The maximum absolute atomic E-state index is 3.63. The van der Waals surface area contributed by atoms with Crippen LogP contribution in [0, 0.1) is 5.41 Å². The third-order valence-electron chi connectivity index (χ3n) is 2.22. The van der Waals surface area contributed by atoms with E-state index < -0.39 is 0 Å². The average molecular weight is 152 g/mol. The summed E-state index contributed by atoms with van der Waals surface area (Å²) >= 11 is 0. The largest absolute Gasteiger partial charge is 0.0991 e. The molecular weight excluding hydrogens is 132 g/mol. The van der Waals surface area contributed by atoms with Crippen LogP contribution in [0.15, 0.2) is 24.8 Å². The van der Waals surface area contributed by atoms with Crippen LogP contribution in [0.4, 0.5) is 0 Å². The second kappa shape index (κ2) is 5.17. The predicted octanol–water partition coefficient (Wildman–Crippen LogP) is 3.95. The molecule has 0 amide bonds. The van der Waals surface area contributed by atoms with Crippen LogP contribution in [-0.2, 0) is 0 Å². The molecular formula is C11H20. The monoisotopic (exact) mass is 152 g/mol. The Morgan fingerprint density at radius 2 is 2.00 bits per heavy atom. The van der Waals surface area contributed by atoms with E-state index >= 15 is 0 Å². The molecule has 0 heterocycles. The van der Waals surface area contributed by atoms with E-state index in [2.05, 4.69) is 33.4 Å². The summed E-state index contributed by atoms with van der Waals surface area (Å²) in [6.07, 6.45) is 9.74. The van der Waals surface area contributed by atoms with Gasteiger partial charge in [0.05, 0.1) is 0 Å². The highest BCUT2D eigenvalue weighted by Gasteiger charge is 2.12. The maximum Gasteiger partial charge on any atom is -0.0343 e. The van der Waals surface area contributed by atoms with Gasteiger partial charge >= 0.3 is 0 Å². The van der Waals surface area contributed by atoms with E-state index in [4.69, 9.17) is 0 Å². The van der Waals surface area contributed by atoms with Crippen molar-refractivity contribution in [1.29, 1.82) is 0 Å². The molecule has 64 valence electrons. The van der Waals surface area contributed by atoms with Gasteiger partial charge in [-0.3, -0.25) is 0 Å². The highest BCUT2D eigenvalue weighted by molar-refractivity contribution is 4.97. The lowest BCUT2D eigenvalue weighted by atomic mass is 9.85. The van der Waals surface area contributed by atoms with Gasteiger partial charge in [0.2, 0.25) is 0 Å². The summed E-state index contributed by atoms with van der Waals surface area (Å²) in [5, 5.41) is 0. The smallest absolute Gasteiger partial charge is 0.0343 e. The summed E-state index contributed by atoms with van der Waals surface area (Å²) in [5.41, 5.74) is 0.505. The average Bonchev–Trinajstić information content (AvgIpc) is 1.99. The van der Waals surface area contributed by atoms with E-state index in [0.717, 1.165) is 0 Å². The van der Waals surface area contributed by atoms with Crippen molar-refractivity contribution < 1.29 is 0 Å². The van der Waals surface area contributed by atoms with Crippen molar-refractivity contribution in [2.45, 2.75) is 40.0 Å². The minimum Gasteiger partial charge on any atom is -0.0991 e. The van der Waals surface area contributed by atoms with Gasteiger partial charge < -0.3 is 0 Å². The fourth-order valence-corrected chi connectivity index (χ4v) is 0.843. The molecule has 0 spiro atoms. The highest BCUT2D eigenvalue weighted by Crippen LogP contribution is 2.25. The number of rotatable bonds is 5. The lowest BCUT2D eigenvalue weighted by Crippen LogP contribution is -2.08. The zero-order valence-electron chi connectivity index (χ0n) is 8.06. The first kappa shape index (κ1) is 10.5. The van der Waals surface area contributed by atoms with Gasteiger partial charge in [-0.05, 0) is 18.3 Å². The van der Waals surface area contributed by atoms with Crippen molar-refractivity contribution in [1.82, 2.24) is 0 Å². The van der Waals surface area contributed by atoms with Gasteiger partial charge in [-0.1, -0.05) is 52.0 Å². The van der Waals surface area contributed by atoms with E-state index in [9.17, 15) is 0 Å². The van der Waals surface area contributed by atoms with Gasteiger partial charge in [0.15, 0.2) is 0 Å². The zero-order valence-corrected chi connectivity index (χ0v) is 8.06. The molecule has 0 atom stereocenters. The van der Waals surface area contributed by atoms with Crippen molar-refractivity contribution in [3.05, 3.63) is 24.8 Å². The van der Waals surface area contributed by atoms with Crippen LogP contribution in [0.3, 0.4) is 0 Å². The van der Waals surface area contributed by atoms with Crippen LogP contribution in [0.2, 0.25) is 0 Å². The first-order valence-electron chi connectivity index (χ1n) is 4.40. The number of hydrogen-bond donors (Lipinski definition) is 0. The molecule has 0 aliphatic heterocycles. The van der Waals surface area contributed by atoms with Crippen molar-refractivity contribution >= 4 is 0 Å². The van der Waals surface area contributed by atoms with Crippen molar-refractivity contribution in [3.63, 3.8) is 0 Å². The zero-order chi connectivity index (χ0) is 8.74. The quantitative estimate of drug-likeness (QED) is 0.523. The second-order valence-electron chi connectivity index (χ2n) is 3.72. The molecule has 0 aromatic heterocycles. The van der Waals surface area contributed by atoms with Gasteiger partial charge in [-0.2, -0.15) is 0 Å². The molecule has 0 nitrogen and oxygen atoms in total. The molecule has 0 aliphatic carbocycles. The fourth-order valence-electron chi connectivity index (χ4n) is 0.843. The summed E-state index contributed by atoms with van der Waals surface area (Å²) in [5.74, 6) is 0. The van der Waals surface area contributed by atoms with Crippen LogP contribution >= 0.6 is 0 Å². The van der Waals surface area contributed by atoms with Gasteiger partial charge in [0, 0.05) is 0 Å². The van der Waals surface area contributed by atoms with Crippen LogP contribution in [-0.4, -0.2) is 0 Å². The number of allylic oxidation sites excluding steroid dienone is 3. The molecule has 0 aromatic carbocycles. The highest BCUT2D eigenvalue weighted by atomic mass is 14.2. The molecule has 0 radical (unpaired) electrons. The summed E-state index contributed by atoms with van der Waals surface area (Å²) in [6.45, 7) is 10.5. The molecule has 0 saturated carbocycles. The van der Waals surface area contributed by atoms with E-state index in [1.165, 1.54) is 19.3 Å². The van der Waals surface area contributed by atoms with E-state index in [-0.39, 0.29) is 0 Å². The first-order chi connectivity index (χ1) is 5.12. The lowest BCUT2D eigenvalue weighted by molar-refractivity contribution is 0.325. The van der Waals surface area contributed by atoms with Crippen molar-refractivity contribution in [3.8, 4) is 0 Å². The lowest BCUT2D eigenvalue weighted by Gasteiger charge is -2.21. The van der Waals surface area contributed by atoms with Gasteiger partial charge in [0.25, 0.3) is 0 Å². The SMILES string of the molecule is C=CC=CCCC(C)(C)CC. The third-order valence-corrected chi connectivity index (χ3v) is 2.22. The fraction of sp³-hybridized carbons (Fsp3) is 0.636. The third kappa shape index (κ3) is 5.90. The Bertz CT molecular complexity index is 129. The van der Waals surface area contributed by atoms with Gasteiger partial charge in [-0.25, -0.2) is 0 Å². The van der Waals surface area contributed by atoms with Crippen molar-refractivity contribution in [2.75, 3.05) is 0 Å². The normalized spacial score (nSPS) is 12.3. The van der Waals surface area contributed by atoms with E-state index in [0.29, 0.717) is 5.41 Å². The van der Waals surface area contributed by atoms with Gasteiger partial charge in [-0.15, -0.1) is 0 Å². The summed E-state index contributed by atoms with van der Waals surface area (Å²) < 4.78 is 0. The van der Waals surface area contributed by atoms with Crippen LogP contribution in [0.1, 0.15) is 40.0 Å². The van der Waals surface area contributed by atoms with Crippen LogP contribution in [0.25, 0.3) is 0 Å². The Hall–Kier alpha value is -0.520. The number of hydrogen-bond acceptors (Lipinski definition) is 0. The molecule has 0 unspecified atom stereocenters. The molecule has 11 heavy (non-hydrogen) atoms. The molecule has 0 bridgehead atoms. The summed E-state index contributed by atoms with van der Waals surface area (Å²) in [4.78, 5) is 0. The van der Waals surface area contributed by atoms with E-state index in [1.807, 2.05) is 12.2 Å².